The van der Waals surface area contributed by atoms with Crippen LogP contribution in [-0.2, 0) is 4.79 Å². The van der Waals surface area contributed by atoms with Crippen molar-refractivity contribution in [2.75, 3.05) is 0 Å². The number of nitrogens with one attached hydrogen (secondary N) is 1. The predicted molar refractivity (Wildman–Crippen MR) is 78.0 cm³/mol. The molecule has 3 nitrogen and oxygen atoms in total. The number of hydrogen-bond donors (Lipinski definition) is 1. The first-order valence-electron chi connectivity index (χ1n) is 7.23. The van der Waals surface area contributed by atoms with E-state index in [-0.39, 0.29) is 11.8 Å². The molecule has 0 atom stereocenters. The number of carbonyl (C=O) groups excluding carboxylic acids is 1. The smallest absolute Gasteiger partial charge is 0.243 e. The number of benzene rings is 1. The zero-order chi connectivity index (χ0) is 13.5. The summed E-state index contributed by atoms with van der Waals surface area (Å²) >= 11 is 0. The summed E-state index contributed by atoms with van der Waals surface area (Å²) in [5, 5.41) is 4.30. The molecule has 0 spiro atoms. The Morgan fingerprint density at radius 3 is 2.53 bits per heavy atom. The molecule has 0 unspecified atom stereocenters. The zero-order valence-corrected chi connectivity index (χ0v) is 11.6. The molecule has 1 aliphatic carbocycles. The maximum Gasteiger partial charge on any atom is 0.243 e. The standard InChI is InChI=1S/C16H22N2O/c1-2-15(13-9-5-3-6-10-13)17-18-16(19)14-11-7-4-8-12-14/h3,5-6,9-10,14H,2,4,7-8,11-12H2,1H3,(H,18,19)/b17-15+. The Hall–Kier alpha value is -1.64. The lowest BCUT2D eigenvalue weighted by atomic mass is 9.89. The Bertz CT molecular complexity index is 433. The SMILES string of the molecule is CC/C(=N\NC(=O)C1CCCCC1)c1ccccc1. The van der Waals surface area contributed by atoms with Crippen molar-refractivity contribution >= 4 is 11.6 Å². The van der Waals surface area contributed by atoms with Crippen molar-refractivity contribution in [1.29, 1.82) is 0 Å². The largest absolute Gasteiger partial charge is 0.273 e. The van der Waals surface area contributed by atoms with Crippen LogP contribution in [0.25, 0.3) is 0 Å². The van der Waals surface area contributed by atoms with Gasteiger partial charge in [0.15, 0.2) is 0 Å². The minimum Gasteiger partial charge on any atom is -0.273 e. The fourth-order valence-corrected chi connectivity index (χ4v) is 2.56. The second-order valence-corrected chi connectivity index (χ2v) is 5.09. The first-order valence-corrected chi connectivity index (χ1v) is 7.23. The molecule has 3 heteroatoms. The van der Waals surface area contributed by atoms with Gasteiger partial charge in [0.25, 0.3) is 0 Å². The fourth-order valence-electron chi connectivity index (χ4n) is 2.56. The van der Waals surface area contributed by atoms with Gasteiger partial charge in [0.1, 0.15) is 0 Å². The van der Waals surface area contributed by atoms with E-state index >= 15 is 0 Å². The Morgan fingerprint density at radius 1 is 1.21 bits per heavy atom. The van der Waals surface area contributed by atoms with Crippen LogP contribution in [0.2, 0.25) is 0 Å². The molecule has 0 saturated heterocycles. The van der Waals surface area contributed by atoms with E-state index < -0.39 is 0 Å². The van der Waals surface area contributed by atoms with Gasteiger partial charge in [0.2, 0.25) is 5.91 Å². The van der Waals surface area contributed by atoms with E-state index in [2.05, 4.69) is 17.5 Å². The number of hydrazone groups is 1. The van der Waals surface area contributed by atoms with Crippen molar-refractivity contribution in [3.8, 4) is 0 Å². The molecular weight excluding hydrogens is 236 g/mol. The highest BCUT2D eigenvalue weighted by Crippen LogP contribution is 2.23. The van der Waals surface area contributed by atoms with Gasteiger partial charge >= 0.3 is 0 Å². The molecule has 2 rings (SSSR count). The van der Waals surface area contributed by atoms with Crippen LogP contribution in [0.15, 0.2) is 35.4 Å². The number of rotatable bonds is 4. The van der Waals surface area contributed by atoms with Gasteiger partial charge in [-0.05, 0) is 24.8 Å². The van der Waals surface area contributed by atoms with Crippen LogP contribution < -0.4 is 5.43 Å². The third kappa shape index (κ3) is 3.91. The number of carbonyl (C=O) groups is 1. The van der Waals surface area contributed by atoms with E-state index in [4.69, 9.17) is 0 Å². The lowest BCUT2D eigenvalue weighted by Gasteiger charge is -2.19. The van der Waals surface area contributed by atoms with Crippen LogP contribution in [0.1, 0.15) is 51.0 Å². The highest BCUT2D eigenvalue weighted by atomic mass is 16.2. The summed E-state index contributed by atoms with van der Waals surface area (Å²) in [7, 11) is 0. The molecule has 0 aliphatic heterocycles. The fraction of sp³-hybridized carbons (Fsp3) is 0.500. The van der Waals surface area contributed by atoms with Gasteiger partial charge in [-0.2, -0.15) is 5.10 Å². The summed E-state index contributed by atoms with van der Waals surface area (Å²) in [4.78, 5) is 12.0. The van der Waals surface area contributed by atoms with Gasteiger partial charge in [-0.15, -0.1) is 0 Å². The van der Waals surface area contributed by atoms with Crippen LogP contribution in [-0.4, -0.2) is 11.6 Å². The minimum absolute atomic E-state index is 0.0848. The zero-order valence-electron chi connectivity index (χ0n) is 11.6. The van der Waals surface area contributed by atoms with Gasteiger partial charge < -0.3 is 0 Å². The van der Waals surface area contributed by atoms with E-state index in [0.29, 0.717) is 0 Å². The van der Waals surface area contributed by atoms with Crippen LogP contribution in [0.4, 0.5) is 0 Å². The molecule has 19 heavy (non-hydrogen) atoms. The van der Waals surface area contributed by atoms with E-state index in [1.807, 2.05) is 30.3 Å². The van der Waals surface area contributed by atoms with Gasteiger partial charge in [-0.25, -0.2) is 5.43 Å². The highest BCUT2D eigenvalue weighted by molar-refractivity contribution is 6.00. The average molecular weight is 258 g/mol. The van der Waals surface area contributed by atoms with Crippen LogP contribution in [0.3, 0.4) is 0 Å². The van der Waals surface area contributed by atoms with Crippen molar-refractivity contribution in [2.24, 2.45) is 11.0 Å². The first kappa shape index (κ1) is 13.8. The monoisotopic (exact) mass is 258 g/mol. The summed E-state index contributed by atoms with van der Waals surface area (Å²) in [5.41, 5.74) is 4.76. The molecule has 102 valence electrons. The van der Waals surface area contributed by atoms with Crippen LogP contribution in [0.5, 0.6) is 0 Å². The average Bonchev–Trinajstić information content (AvgIpc) is 2.49. The van der Waals surface area contributed by atoms with E-state index in [0.717, 1.165) is 30.5 Å². The molecule has 0 aromatic heterocycles. The number of amides is 1. The first-order chi connectivity index (χ1) is 9.31. The topological polar surface area (TPSA) is 41.5 Å². The van der Waals surface area contributed by atoms with Crippen molar-refractivity contribution in [2.45, 2.75) is 45.4 Å². The maximum atomic E-state index is 12.0. The third-order valence-electron chi connectivity index (χ3n) is 3.72. The van der Waals surface area contributed by atoms with E-state index in [1.54, 1.807) is 0 Å². The van der Waals surface area contributed by atoms with Gasteiger partial charge in [0.05, 0.1) is 5.71 Å². The lowest BCUT2D eigenvalue weighted by molar-refractivity contribution is -0.125. The third-order valence-corrected chi connectivity index (χ3v) is 3.72. The summed E-state index contributed by atoms with van der Waals surface area (Å²) in [6.07, 6.45) is 6.43. The molecular formula is C16H22N2O. The molecule has 1 aromatic rings. The summed E-state index contributed by atoms with van der Waals surface area (Å²) in [6.45, 7) is 2.05. The molecule has 1 amide bonds. The van der Waals surface area contributed by atoms with Crippen molar-refractivity contribution < 1.29 is 4.79 Å². The summed E-state index contributed by atoms with van der Waals surface area (Å²) in [6, 6.07) is 10.0. The minimum atomic E-state index is 0.0848. The molecule has 0 bridgehead atoms. The Balaban J connectivity index is 1.97. The van der Waals surface area contributed by atoms with Crippen molar-refractivity contribution in [3.05, 3.63) is 35.9 Å². The molecule has 1 N–H and O–H groups in total. The van der Waals surface area contributed by atoms with Crippen LogP contribution >= 0.6 is 0 Å². The van der Waals surface area contributed by atoms with Gasteiger partial charge in [-0.1, -0.05) is 56.5 Å². The second kappa shape index (κ2) is 7.07. The summed E-state index contributed by atoms with van der Waals surface area (Å²) < 4.78 is 0. The van der Waals surface area contributed by atoms with Crippen molar-refractivity contribution in [3.63, 3.8) is 0 Å². The second-order valence-electron chi connectivity index (χ2n) is 5.09. The number of nitrogens with zero attached hydrogens (tertiary/aromatic N) is 1. The molecule has 1 aromatic carbocycles. The normalized spacial score (nSPS) is 17.2. The quantitative estimate of drug-likeness (QED) is 0.652. The summed E-state index contributed by atoms with van der Waals surface area (Å²) in [5.74, 6) is 0.243. The molecule has 1 saturated carbocycles. The molecule has 0 heterocycles. The Morgan fingerprint density at radius 2 is 1.89 bits per heavy atom. The Labute approximate surface area is 115 Å². The molecule has 0 radical (unpaired) electrons. The number of hydrogen-bond acceptors (Lipinski definition) is 2. The highest BCUT2D eigenvalue weighted by Gasteiger charge is 2.20. The predicted octanol–water partition coefficient (Wildman–Crippen LogP) is 3.50. The molecule has 1 aliphatic rings. The van der Waals surface area contributed by atoms with Crippen molar-refractivity contribution in [1.82, 2.24) is 5.43 Å². The lowest BCUT2D eigenvalue weighted by Crippen LogP contribution is -2.29. The maximum absolute atomic E-state index is 12.0. The van der Waals surface area contributed by atoms with E-state index in [9.17, 15) is 4.79 Å². The Kier molecular flexibility index (Phi) is 5.13. The van der Waals surface area contributed by atoms with Crippen LogP contribution in [0, 0.1) is 5.92 Å². The van der Waals surface area contributed by atoms with E-state index in [1.165, 1.54) is 19.3 Å². The van der Waals surface area contributed by atoms with Gasteiger partial charge in [0, 0.05) is 5.92 Å². The molecule has 1 fully saturated rings. The van der Waals surface area contributed by atoms with Gasteiger partial charge in [-0.3, -0.25) is 4.79 Å².